The van der Waals surface area contributed by atoms with Crippen LogP contribution < -0.4 is 5.32 Å². The smallest absolute Gasteiger partial charge is 0.252 e. The Labute approximate surface area is 144 Å². The van der Waals surface area contributed by atoms with E-state index in [1.54, 1.807) is 24.6 Å². The topological polar surface area (TPSA) is 66.5 Å². The summed E-state index contributed by atoms with van der Waals surface area (Å²) in [7, 11) is -1.86. The zero-order valence-corrected chi connectivity index (χ0v) is 16.0. The second kappa shape index (κ2) is 9.39. The van der Waals surface area contributed by atoms with E-state index in [0.29, 0.717) is 29.5 Å². The Balaban J connectivity index is 2.32. The van der Waals surface area contributed by atoms with Gasteiger partial charge in [0.05, 0.1) is 0 Å². The Kier molecular flexibility index (Phi) is 8.22. The van der Waals surface area contributed by atoms with Crippen molar-refractivity contribution in [2.75, 3.05) is 13.6 Å². The minimum absolute atomic E-state index is 0.0109. The highest BCUT2D eigenvalue weighted by atomic mass is 32.2. The maximum Gasteiger partial charge on any atom is 0.252 e. The molecule has 1 amide bonds. The zero-order valence-electron chi connectivity index (χ0n) is 14.4. The van der Waals surface area contributed by atoms with Crippen molar-refractivity contribution in [3.8, 4) is 0 Å². The van der Waals surface area contributed by atoms with Gasteiger partial charge in [-0.1, -0.05) is 19.9 Å². The molecule has 7 heteroatoms. The number of hydrogen-bond donors (Lipinski definition) is 1. The molecule has 5 nitrogen and oxygen atoms in total. The number of amides is 1. The summed E-state index contributed by atoms with van der Waals surface area (Å²) in [5.41, 5.74) is 0. The molecule has 0 bridgehead atoms. The number of sulfonamides is 1. The van der Waals surface area contributed by atoms with Crippen molar-refractivity contribution < 1.29 is 13.2 Å². The zero-order chi connectivity index (χ0) is 17.5. The van der Waals surface area contributed by atoms with E-state index in [0.717, 1.165) is 12.8 Å². The standard InChI is InChI=1S/C16H28N2O3S2/c1-13(2)9-10-14(3)17-15(19)7-5-11-18(4)23(20,21)16-8-6-12-22-16/h6,8,12-14H,5,7,9-11H2,1-4H3,(H,17,19)/t14-/m0/s1. The van der Waals surface area contributed by atoms with Gasteiger partial charge < -0.3 is 5.32 Å². The van der Waals surface area contributed by atoms with Crippen molar-refractivity contribution in [2.45, 2.75) is 56.7 Å². The van der Waals surface area contributed by atoms with Crippen LogP contribution >= 0.6 is 11.3 Å². The summed E-state index contributed by atoms with van der Waals surface area (Å²) < 4.78 is 26.1. The second-order valence-electron chi connectivity index (χ2n) is 6.30. The first-order chi connectivity index (χ1) is 10.7. The molecule has 0 aromatic carbocycles. The number of carbonyl (C=O) groups excluding carboxylic acids is 1. The van der Waals surface area contributed by atoms with E-state index in [4.69, 9.17) is 0 Å². The molecular formula is C16H28N2O3S2. The molecular weight excluding hydrogens is 332 g/mol. The lowest BCUT2D eigenvalue weighted by atomic mass is 10.0. The summed E-state index contributed by atoms with van der Waals surface area (Å²) in [5, 5.41) is 4.71. The predicted molar refractivity (Wildman–Crippen MR) is 95.0 cm³/mol. The van der Waals surface area contributed by atoms with Crippen LogP contribution in [-0.2, 0) is 14.8 Å². The van der Waals surface area contributed by atoms with Crippen molar-refractivity contribution in [3.63, 3.8) is 0 Å². The highest BCUT2D eigenvalue weighted by Crippen LogP contribution is 2.19. The molecule has 0 saturated heterocycles. The van der Waals surface area contributed by atoms with Gasteiger partial charge in [0.1, 0.15) is 4.21 Å². The molecule has 1 aromatic rings. The van der Waals surface area contributed by atoms with E-state index in [2.05, 4.69) is 19.2 Å². The summed E-state index contributed by atoms with van der Waals surface area (Å²) >= 11 is 1.21. The fourth-order valence-electron chi connectivity index (χ4n) is 2.15. The Hall–Kier alpha value is -0.920. The van der Waals surface area contributed by atoms with E-state index in [9.17, 15) is 13.2 Å². The maximum atomic E-state index is 12.2. The largest absolute Gasteiger partial charge is 0.354 e. The highest BCUT2D eigenvalue weighted by Gasteiger charge is 2.21. The minimum Gasteiger partial charge on any atom is -0.354 e. The average molecular weight is 361 g/mol. The van der Waals surface area contributed by atoms with Gasteiger partial charge >= 0.3 is 0 Å². The molecule has 0 unspecified atom stereocenters. The number of nitrogens with one attached hydrogen (secondary N) is 1. The van der Waals surface area contributed by atoms with E-state index in [1.165, 1.54) is 15.6 Å². The lowest BCUT2D eigenvalue weighted by molar-refractivity contribution is -0.121. The van der Waals surface area contributed by atoms with Crippen LogP contribution in [-0.4, -0.2) is 38.3 Å². The minimum atomic E-state index is -3.41. The molecule has 0 aliphatic heterocycles. The Morgan fingerprint density at radius 2 is 2.00 bits per heavy atom. The molecule has 0 spiro atoms. The molecule has 0 saturated carbocycles. The number of hydrogen-bond acceptors (Lipinski definition) is 4. The number of nitrogens with zero attached hydrogens (tertiary/aromatic N) is 1. The molecule has 0 aliphatic carbocycles. The number of thiophene rings is 1. The lowest BCUT2D eigenvalue weighted by Crippen LogP contribution is -2.33. The third-order valence-electron chi connectivity index (χ3n) is 3.62. The molecule has 1 aromatic heterocycles. The maximum absolute atomic E-state index is 12.2. The Morgan fingerprint density at radius 1 is 1.30 bits per heavy atom. The third-order valence-corrected chi connectivity index (χ3v) is 6.85. The fraction of sp³-hybridized carbons (Fsp3) is 0.688. The fourth-order valence-corrected chi connectivity index (χ4v) is 4.56. The normalized spacial score (nSPS) is 13.5. The van der Waals surface area contributed by atoms with E-state index in [1.807, 2.05) is 6.92 Å². The van der Waals surface area contributed by atoms with E-state index >= 15 is 0 Å². The Bertz CT molecular complexity index is 568. The number of carbonyl (C=O) groups is 1. The van der Waals surface area contributed by atoms with Crippen LogP contribution in [0.4, 0.5) is 0 Å². The van der Waals surface area contributed by atoms with Crippen molar-refractivity contribution in [1.29, 1.82) is 0 Å². The van der Waals surface area contributed by atoms with Crippen molar-refractivity contribution >= 4 is 27.3 Å². The van der Waals surface area contributed by atoms with E-state index in [-0.39, 0.29) is 11.9 Å². The summed E-state index contributed by atoms with van der Waals surface area (Å²) in [5.74, 6) is 0.619. The summed E-state index contributed by atoms with van der Waals surface area (Å²) in [6.07, 6.45) is 2.92. The SMILES string of the molecule is CC(C)CC[C@H](C)NC(=O)CCCN(C)S(=O)(=O)c1cccs1. The van der Waals surface area contributed by atoms with Gasteiger partial charge in [-0.25, -0.2) is 12.7 Å². The van der Waals surface area contributed by atoms with Gasteiger partial charge in [-0.05, 0) is 43.6 Å². The van der Waals surface area contributed by atoms with Crippen molar-refractivity contribution in [2.24, 2.45) is 5.92 Å². The van der Waals surface area contributed by atoms with Crippen molar-refractivity contribution in [1.82, 2.24) is 9.62 Å². The molecule has 1 N–H and O–H groups in total. The summed E-state index contributed by atoms with van der Waals surface area (Å²) in [6.45, 7) is 6.68. The van der Waals surface area contributed by atoms with Gasteiger partial charge in [0, 0.05) is 26.1 Å². The van der Waals surface area contributed by atoms with Crippen molar-refractivity contribution in [3.05, 3.63) is 17.5 Å². The molecule has 1 atom stereocenters. The van der Waals surface area contributed by atoms with Gasteiger partial charge in [-0.2, -0.15) is 0 Å². The van der Waals surface area contributed by atoms with Crippen LogP contribution in [0.2, 0.25) is 0 Å². The van der Waals surface area contributed by atoms with E-state index < -0.39 is 10.0 Å². The van der Waals surface area contributed by atoms with Gasteiger partial charge in [0.2, 0.25) is 5.91 Å². The van der Waals surface area contributed by atoms with Crippen LogP contribution in [0.1, 0.15) is 46.5 Å². The second-order valence-corrected chi connectivity index (χ2v) is 9.52. The monoisotopic (exact) mass is 360 g/mol. The quantitative estimate of drug-likeness (QED) is 0.697. The van der Waals surface area contributed by atoms with Crippen LogP contribution in [0, 0.1) is 5.92 Å². The average Bonchev–Trinajstić information content (AvgIpc) is 2.99. The first-order valence-corrected chi connectivity index (χ1v) is 10.3. The molecule has 0 aliphatic rings. The molecule has 132 valence electrons. The van der Waals surface area contributed by atoms with Crippen LogP contribution in [0.25, 0.3) is 0 Å². The summed E-state index contributed by atoms with van der Waals surface area (Å²) in [6, 6.07) is 3.48. The molecule has 0 radical (unpaired) electrons. The van der Waals surface area contributed by atoms with Gasteiger partial charge in [-0.15, -0.1) is 11.3 Å². The lowest BCUT2D eigenvalue weighted by Gasteiger charge is -2.17. The van der Waals surface area contributed by atoms with Gasteiger partial charge in [0.25, 0.3) is 10.0 Å². The molecule has 1 rings (SSSR count). The first kappa shape index (κ1) is 20.1. The van der Waals surface area contributed by atoms with Gasteiger partial charge in [-0.3, -0.25) is 4.79 Å². The number of rotatable bonds is 10. The summed E-state index contributed by atoms with van der Waals surface area (Å²) in [4.78, 5) is 11.9. The third kappa shape index (κ3) is 7.01. The van der Waals surface area contributed by atoms with Crippen LogP contribution in [0.5, 0.6) is 0 Å². The molecule has 1 heterocycles. The van der Waals surface area contributed by atoms with Gasteiger partial charge in [0.15, 0.2) is 0 Å². The molecule has 23 heavy (non-hydrogen) atoms. The Morgan fingerprint density at radius 3 is 2.57 bits per heavy atom. The predicted octanol–water partition coefficient (Wildman–Crippen LogP) is 3.09. The highest BCUT2D eigenvalue weighted by molar-refractivity contribution is 7.91. The van der Waals surface area contributed by atoms with Crippen LogP contribution in [0.3, 0.4) is 0 Å². The molecule has 0 fully saturated rings. The van der Waals surface area contributed by atoms with Crippen LogP contribution in [0.15, 0.2) is 21.7 Å². The first-order valence-electron chi connectivity index (χ1n) is 8.02.